The van der Waals surface area contributed by atoms with E-state index in [0.717, 1.165) is 9.13 Å². The quantitative estimate of drug-likeness (QED) is 0.743. The van der Waals surface area contributed by atoms with Crippen LogP contribution in [-0.2, 0) is 4.79 Å². The van der Waals surface area contributed by atoms with Crippen molar-refractivity contribution in [3.05, 3.63) is 62.7 Å². The topological polar surface area (TPSA) is 38.3 Å². The van der Waals surface area contributed by atoms with Gasteiger partial charge in [0.25, 0.3) is 5.91 Å². The van der Waals surface area contributed by atoms with Gasteiger partial charge in [0.15, 0.2) is 6.61 Å². The van der Waals surface area contributed by atoms with Crippen LogP contribution in [0.4, 0.5) is 0 Å². The highest BCUT2D eigenvalue weighted by Crippen LogP contribution is 2.17. The van der Waals surface area contributed by atoms with Crippen molar-refractivity contribution in [2.45, 2.75) is 13.0 Å². The first kappa shape index (κ1) is 16.1. The Bertz CT molecular complexity index is 616. The Morgan fingerprint density at radius 2 is 2.00 bits per heavy atom. The summed E-state index contributed by atoms with van der Waals surface area (Å²) in [6.45, 7) is 1.92. The van der Waals surface area contributed by atoms with Crippen LogP contribution < -0.4 is 10.1 Å². The fraction of sp³-hybridized carbons (Fsp3) is 0.188. The van der Waals surface area contributed by atoms with Gasteiger partial charge < -0.3 is 10.1 Å². The average molecular weight is 416 g/mol. The lowest BCUT2D eigenvalue weighted by Gasteiger charge is -2.15. The lowest BCUT2D eigenvalue weighted by molar-refractivity contribution is -0.123. The average Bonchev–Trinajstić information content (AvgIpc) is 2.46. The van der Waals surface area contributed by atoms with Crippen LogP contribution in [0.2, 0.25) is 5.02 Å². The Kier molecular flexibility index (Phi) is 5.87. The van der Waals surface area contributed by atoms with E-state index in [9.17, 15) is 4.79 Å². The molecule has 2 aromatic rings. The van der Waals surface area contributed by atoms with E-state index >= 15 is 0 Å². The lowest BCUT2D eigenvalue weighted by Crippen LogP contribution is -2.31. The van der Waals surface area contributed by atoms with Gasteiger partial charge in [-0.1, -0.05) is 29.8 Å². The Morgan fingerprint density at radius 3 is 2.67 bits per heavy atom. The number of amides is 1. The third kappa shape index (κ3) is 5.21. The SMILES string of the molecule is CC(NC(=O)COc1cccc(I)c1)c1ccc(Cl)cc1. The fourth-order valence-corrected chi connectivity index (χ4v) is 2.46. The summed E-state index contributed by atoms with van der Waals surface area (Å²) in [5.41, 5.74) is 1.00. The summed E-state index contributed by atoms with van der Waals surface area (Å²) in [5.74, 6) is 0.535. The van der Waals surface area contributed by atoms with Crippen molar-refractivity contribution >= 4 is 40.1 Å². The number of nitrogens with one attached hydrogen (secondary N) is 1. The molecule has 0 bridgehead atoms. The molecule has 0 fully saturated rings. The standard InChI is InChI=1S/C16H15ClINO2/c1-11(12-5-7-13(17)8-6-12)19-16(20)10-21-15-4-2-3-14(18)9-15/h2-9,11H,10H2,1H3,(H,19,20). The van der Waals surface area contributed by atoms with Crippen molar-refractivity contribution in [3.63, 3.8) is 0 Å². The second kappa shape index (κ2) is 7.66. The Labute approximate surface area is 142 Å². The molecule has 2 aromatic carbocycles. The molecule has 0 saturated heterocycles. The predicted molar refractivity (Wildman–Crippen MR) is 92.7 cm³/mol. The highest BCUT2D eigenvalue weighted by atomic mass is 127. The van der Waals surface area contributed by atoms with E-state index in [1.165, 1.54) is 0 Å². The summed E-state index contributed by atoms with van der Waals surface area (Å²) in [7, 11) is 0. The van der Waals surface area contributed by atoms with Gasteiger partial charge >= 0.3 is 0 Å². The van der Waals surface area contributed by atoms with E-state index in [0.29, 0.717) is 10.8 Å². The molecule has 0 aliphatic carbocycles. The van der Waals surface area contributed by atoms with E-state index in [1.807, 2.05) is 55.5 Å². The molecular formula is C16H15ClINO2. The van der Waals surface area contributed by atoms with Gasteiger partial charge in [-0.15, -0.1) is 0 Å². The fourth-order valence-electron chi connectivity index (χ4n) is 1.82. The van der Waals surface area contributed by atoms with Crippen molar-refractivity contribution in [3.8, 4) is 5.75 Å². The first-order chi connectivity index (χ1) is 10.0. The summed E-state index contributed by atoms with van der Waals surface area (Å²) in [6, 6.07) is 14.9. The lowest BCUT2D eigenvalue weighted by atomic mass is 10.1. The monoisotopic (exact) mass is 415 g/mol. The third-order valence-electron chi connectivity index (χ3n) is 2.91. The molecule has 0 spiro atoms. The number of ether oxygens (including phenoxy) is 1. The van der Waals surface area contributed by atoms with Crippen molar-refractivity contribution in [2.24, 2.45) is 0 Å². The van der Waals surface area contributed by atoms with E-state index < -0.39 is 0 Å². The molecule has 0 aliphatic rings. The zero-order valence-electron chi connectivity index (χ0n) is 11.5. The summed E-state index contributed by atoms with van der Waals surface area (Å²) in [5, 5.41) is 3.57. The first-order valence-electron chi connectivity index (χ1n) is 6.48. The Balaban J connectivity index is 1.85. The maximum atomic E-state index is 11.9. The third-order valence-corrected chi connectivity index (χ3v) is 3.84. The Morgan fingerprint density at radius 1 is 1.29 bits per heavy atom. The largest absolute Gasteiger partial charge is 0.484 e. The number of hydrogen-bond acceptors (Lipinski definition) is 2. The molecule has 1 amide bonds. The zero-order chi connectivity index (χ0) is 15.2. The van der Waals surface area contributed by atoms with Gasteiger partial charge in [0.2, 0.25) is 0 Å². The second-order valence-electron chi connectivity index (χ2n) is 4.59. The van der Waals surface area contributed by atoms with E-state index in [2.05, 4.69) is 27.9 Å². The maximum Gasteiger partial charge on any atom is 0.258 e. The van der Waals surface area contributed by atoms with Gasteiger partial charge in [-0.25, -0.2) is 0 Å². The van der Waals surface area contributed by atoms with Crippen molar-refractivity contribution in [1.82, 2.24) is 5.32 Å². The number of halogens is 2. The minimum atomic E-state index is -0.156. The van der Waals surface area contributed by atoms with Gasteiger partial charge in [0.1, 0.15) is 5.75 Å². The van der Waals surface area contributed by atoms with Crippen LogP contribution in [0.1, 0.15) is 18.5 Å². The van der Waals surface area contributed by atoms with Crippen molar-refractivity contribution < 1.29 is 9.53 Å². The van der Waals surface area contributed by atoms with Gasteiger partial charge in [-0.05, 0) is 65.4 Å². The molecule has 1 unspecified atom stereocenters. The van der Waals surface area contributed by atoms with Crippen LogP contribution in [0.15, 0.2) is 48.5 Å². The second-order valence-corrected chi connectivity index (χ2v) is 6.27. The molecule has 0 heterocycles. The molecule has 0 radical (unpaired) electrons. The minimum Gasteiger partial charge on any atom is -0.484 e. The molecule has 1 N–H and O–H groups in total. The summed E-state index contributed by atoms with van der Waals surface area (Å²) in [6.07, 6.45) is 0. The number of hydrogen-bond donors (Lipinski definition) is 1. The highest BCUT2D eigenvalue weighted by Gasteiger charge is 2.10. The minimum absolute atomic E-state index is 0.00196. The van der Waals surface area contributed by atoms with Crippen molar-refractivity contribution in [2.75, 3.05) is 6.61 Å². The molecule has 0 saturated carbocycles. The molecule has 5 heteroatoms. The first-order valence-corrected chi connectivity index (χ1v) is 7.93. The maximum absolute atomic E-state index is 11.9. The van der Waals surface area contributed by atoms with Gasteiger partial charge in [-0.3, -0.25) is 4.79 Å². The van der Waals surface area contributed by atoms with Crippen LogP contribution in [0, 0.1) is 3.57 Å². The molecule has 2 rings (SSSR count). The number of carbonyl (C=O) groups is 1. The van der Waals surface area contributed by atoms with Crippen LogP contribution in [0.3, 0.4) is 0 Å². The number of benzene rings is 2. The van der Waals surface area contributed by atoms with E-state index in [1.54, 1.807) is 0 Å². The normalized spacial score (nSPS) is 11.8. The van der Waals surface area contributed by atoms with Gasteiger partial charge in [0.05, 0.1) is 6.04 Å². The van der Waals surface area contributed by atoms with Crippen LogP contribution in [0.25, 0.3) is 0 Å². The molecular weight excluding hydrogens is 401 g/mol. The predicted octanol–water partition coefficient (Wildman–Crippen LogP) is 4.20. The van der Waals surface area contributed by atoms with Crippen LogP contribution in [0.5, 0.6) is 5.75 Å². The molecule has 0 aromatic heterocycles. The summed E-state index contributed by atoms with van der Waals surface area (Å²) in [4.78, 5) is 11.9. The Hall–Kier alpha value is -1.27. The summed E-state index contributed by atoms with van der Waals surface area (Å²) >= 11 is 8.05. The molecule has 21 heavy (non-hydrogen) atoms. The zero-order valence-corrected chi connectivity index (χ0v) is 14.4. The summed E-state index contributed by atoms with van der Waals surface area (Å²) < 4.78 is 6.54. The van der Waals surface area contributed by atoms with Crippen LogP contribution in [-0.4, -0.2) is 12.5 Å². The van der Waals surface area contributed by atoms with Gasteiger partial charge in [-0.2, -0.15) is 0 Å². The highest BCUT2D eigenvalue weighted by molar-refractivity contribution is 14.1. The van der Waals surface area contributed by atoms with Crippen LogP contribution >= 0.6 is 34.2 Å². The molecule has 3 nitrogen and oxygen atoms in total. The number of rotatable bonds is 5. The van der Waals surface area contributed by atoms with E-state index in [4.69, 9.17) is 16.3 Å². The van der Waals surface area contributed by atoms with E-state index in [-0.39, 0.29) is 18.6 Å². The number of carbonyl (C=O) groups excluding carboxylic acids is 1. The van der Waals surface area contributed by atoms with Crippen molar-refractivity contribution in [1.29, 1.82) is 0 Å². The smallest absolute Gasteiger partial charge is 0.258 e. The molecule has 110 valence electrons. The molecule has 1 atom stereocenters. The van der Waals surface area contributed by atoms with Gasteiger partial charge in [0, 0.05) is 8.59 Å². The molecule has 0 aliphatic heterocycles.